The van der Waals surface area contributed by atoms with Crippen molar-refractivity contribution in [2.45, 2.75) is 39.0 Å². The van der Waals surface area contributed by atoms with E-state index < -0.39 is 0 Å². The van der Waals surface area contributed by atoms with Crippen LogP contribution in [0.3, 0.4) is 0 Å². The molecule has 13 heavy (non-hydrogen) atoms. The van der Waals surface area contributed by atoms with Gasteiger partial charge < -0.3 is 0 Å². The minimum atomic E-state index is -0.330. The molecule has 2 saturated heterocycles. The highest BCUT2D eigenvalue weighted by Gasteiger charge is 2.47. The van der Waals surface area contributed by atoms with Crippen LogP contribution in [0.15, 0.2) is 0 Å². The molecule has 2 rings (SSSR count). The maximum atomic E-state index is 2.41. The summed E-state index contributed by atoms with van der Waals surface area (Å²) in [6.45, 7) is 2.08. The van der Waals surface area contributed by atoms with Crippen LogP contribution in [0.5, 0.6) is 0 Å². The Bertz CT molecular complexity index is 150. The first-order chi connectivity index (χ1) is 6.37. The van der Waals surface area contributed by atoms with Gasteiger partial charge in [-0.1, -0.05) is 6.92 Å². The van der Waals surface area contributed by atoms with Gasteiger partial charge in [0.2, 0.25) is 0 Å². The van der Waals surface area contributed by atoms with E-state index >= 15 is 0 Å². The minimum absolute atomic E-state index is 0.330. The molecular formula is C11H23P2+. The van der Waals surface area contributed by atoms with Gasteiger partial charge in [-0.05, 0) is 32.1 Å². The fourth-order valence-electron chi connectivity index (χ4n) is 3.11. The molecule has 2 aliphatic heterocycles. The van der Waals surface area contributed by atoms with E-state index in [2.05, 4.69) is 6.92 Å². The summed E-state index contributed by atoms with van der Waals surface area (Å²) in [7, 11) is 0.575. The molecule has 76 valence electrons. The van der Waals surface area contributed by atoms with Crippen LogP contribution in [0.4, 0.5) is 0 Å². The molecule has 2 heterocycles. The van der Waals surface area contributed by atoms with Crippen LogP contribution in [-0.2, 0) is 0 Å². The zero-order valence-corrected chi connectivity index (χ0v) is 10.8. The molecule has 0 saturated carbocycles. The third kappa shape index (κ3) is 2.10. The van der Waals surface area contributed by atoms with Crippen LogP contribution in [-0.4, -0.2) is 30.8 Å². The predicted molar refractivity (Wildman–Crippen MR) is 66.9 cm³/mol. The molecule has 0 unspecified atom stereocenters. The Balaban J connectivity index is 2.06. The molecular weight excluding hydrogens is 194 g/mol. The van der Waals surface area contributed by atoms with Crippen LogP contribution in [0.2, 0.25) is 0 Å². The Morgan fingerprint density at radius 3 is 2.15 bits per heavy atom. The standard InChI is InChI=1S/C11H23P2/c1-2-9-13-10-5-3-7-12(13)8-4-6-11-13/h2-11H2,1H3/q+1. The Kier molecular flexibility index (Phi) is 3.66. The summed E-state index contributed by atoms with van der Waals surface area (Å²) in [5, 5.41) is 0. The summed E-state index contributed by atoms with van der Waals surface area (Å²) < 4.78 is 0. The van der Waals surface area contributed by atoms with Gasteiger partial charge >= 0.3 is 0 Å². The molecule has 0 aromatic carbocycles. The summed E-state index contributed by atoms with van der Waals surface area (Å²) in [6.07, 6.45) is 16.2. The Hall–Kier alpha value is 0.860. The van der Waals surface area contributed by atoms with E-state index in [0.717, 1.165) is 0 Å². The van der Waals surface area contributed by atoms with Crippen LogP contribution >= 0.6 is 14.6 Å². The van der Waals surface area contributed by atoms with E-state index in [4.69, 9.17) is 0 Å². The van der Waals surface area contributed by atoms with Gasteiger partial charge in [0, 0.05) is 19.3 Å². The van der Waals surface area contributed by atoms with Crippen LogP contribution in [0, 0.1) is 0 Å². The SMILES string of the molecule is CCC[P+]12CCCCP1CCCC2. The van der Waals surface area contributed by atoms with Crippen molar-refractivity contribution in [2.75, 3.05) is 30.8 Å². The molecule has 0 bridgehead atoms. The van der Waals surface area contributed by atoms with Crippen molar-refractivity contribution in [1.29, 1.82) is 0 Å². The number of hydrogen-bond acceptors (Lipinski definition) is 0. The van der Waals surface area contributed by atoms with Gasteiger partial charge in [-0.2, -0.15) is 0 Å². The second-order valence-electron chi connectivity index (χ2n) is 4.63. The van der Waals surface area contributed by atoms with Gasteiger partial charge in [0.15, 0.2) is 0 Å². The monoisotopic (exact) mass is 217 g/mol. The summed E-state index contributed by atoms with van der Waals surface area (Å²) in [4.78, 5) is 0. The van der Waals surface area contributed by atoms with Crippen molar-refractivity contribution in [3.8, 4) is 0 Å². The van der Waals surface area contributed by atoms with Crippen LogP contribution in [0.25, 0.3) is 0 Å². The lowest BCUT2D eigenvalue weighted by molar-refractivity contribution is 0.830. The normalized spacial score (nSPS) is 39.9. The highest BCUT2D eigenvalue weighted by atomic mass is 32.1. The molecule has 0 radical (unpaired) electrons. The van der Waals surface area contributed by atoms with Crippen LogP contribution < -0.4 is 0 Å². The van der Waals surface area contributed by atoms with Gasteiger partial charge in [0.1, 0.15) is 0 Å². The second-order valence-corrected chi connectivity index (χ2v) is 14.3. The van der Waals surface area contributed by atoms with Gasteiger partial charge in [-0.3, -0.25) is 0 Å². The van der Waals surface area contributed by atoms with Gasteiger partial charge in [0.05, 0.1) is 26.1 Å². The van der Waals surface area contributed by atoms with E-state index in [1.54, 1.807) is 56.5 Å². The third-order valence-corrected chi connectivity index (χ3v) is 16.8. The number of hydrogen-bond donors (Lipinski definition) is 0. The molecule has 0 nitrogen and oxygen atoms in total. The van der Waals surface area contributed by atoms with Crippen molar-refractivity contribution in [3.05, 3.63) is 0 Å². The molecule has 2 fully saturated rings. The molecule has 0 aliphatic carbocycles. The number of rotatable bonds is 2. The first-order valence-corrected chi connectivity index (χ1v) is 10.8. The van der Waals surface area contributed by atoms with Gasteiger partial charge in [-0.25, -0.2) is 0 Å². The maximum absolute atomic E-state index is 2.41. The smallest absolute Gasteiger partial charge is 0.0616 e. The highest BCUT2D eigenvalue weighted by Crippen LogP contribution is 2.87. The molecule has 0 spiro atoms. The lowest BCUT2D eigenvalue weighted by Crippen LogP contribution is -2.18. The van der Waals surface area contributed by atoms with Crippen molar-refractivity contribution in [2.24, 2.45) is 0 Å². The summed E-state index contributed by atoms with van der Waals surface area (Å²) in [5.74, 6) is 0. The average Bonchev–Trinajstić information content (AvgIpc) is 2.18. The fourth-order valence-corrected chi connectivity index (χ4v) is 16.7. The van der Waals surface area contributed by atoms with E-state index in [-0.39, 0.29) is 6.95 Å². The molecule has 2 heteroatoms. The largest absolute Gasteiger partial charge is 0.0619 e. The molecule has 0 atom stereocenters. The lowest BCUT2D eigenvalue weighted by atomic mass is 10.4. The summed E-state index contributed by atoms with van der Waals surface area (Å²) >= 11 is 0. The van der Waals surface area contributed by atoms with Crippen LogP contribution in [0.1, 0.15) is 39.0 Å². The quantitative estimate of drug-likeness (QED) is 0.601. The third-order valence-electron chi connectivity index (χ3n) is 3.72. The van der Waals surface area contributed by atoms with Crippen molar-refractivity contribution < 1.29 is 0 Å². The molecule has 0 N–H and O–H groups in total. The molecule has 0 aromatic heterocycles. The zero-order chi connectivity index (χ0) is 9.15. The topological polar surface area (TPSA) is 0 Å². The predicted octanol–water partition coefficient (Wildman–Crippen LogP) is 4.40. The number of fused-ring (bicyclic) bond motifs is 1. The fraction of sp³-hybridized carbons (Fsp3) is 1.00. The first-order valence-electron chi connectivity index (χ1n) is 5.99. The van der Waals surface area contributed by atoms with Gasteiger partial charge in [0.25, 0.3) is 0 Å². The first kappa shape index (κ1) is 10.4. The van der Waals surface area contributed by atoms with Gasteiger partial charge in [-0.15, -0.1) is 0 Å². The Morgan fingerprint density at radius 1 is 1.00 bits per heavy atom. The van der Waals surface area contributed by atoms with E-state index in [0.29, 0.717) is 7.61 Å². The molecule has 0 aromatic rings. The van der Waals surface area contributed by atoms with E-state index in [1.807, 2.05) is 0 Å². The van der Waals surface area contributed by atoms with Crippen molar-refractivity contribution in [3.63, 3.8) is 0 Å². The molecule has 0 amide bonds. The Labute approximate surface area is 84.9 Å². The second kappa shape index (κ2) is 4.59. The van der Waals surface area contributed by atoms with E-state index in [9.17, 15) is 0 Å². The minimum Gasteiger partial charge on any atom is -0.0619 e. The van der Waals surface area contributed by atoms with Crippen molar-refractivity contribution >= 4 is 14.6 Å². The Morgan fingerprint density at radius 2 is 1.62 bits per heavy atom. The summed E-state index contributed by atoms with van der Waals surface area (Å²) in [6, 6.07) is 0. The van der Waals surface area contributed by atoms with Crippen molar-refractivity contribution in [1.82, 2.24) is 0 Å². The average molecular weight is 217 g/mol. The highest BCUT2D eigenvalue weighted by molar-refractivity contribution is 8.39. The lowest BCUT2D eigenvalue weighted by Gasteiger charge is -2.41. The molecule has 2 aliphatic rings. The maximum Gasteiger partial charge on any atom is 0.0616 e. The van der Waals surface area contributed by atoms with E-state index in [1.165, 1.54) is 6.42 Å². The summed E-state index contributed by atoms with van der Waals surface area (Å²) in [5.41, 5.74) is 0. The zero-order valence-electron chi connectivity index (χ0n) is 8.97.